The van der Waals surface area contributed by atoms with Gasteiger partial charge in [-0.05, 0) is 53.9 Å². The fraction of sp³-hybridized carbons (Fsp3) is 0.500. The second kappa shape index (κ2) is 6.80. The third-order valence-electron chi connectivity index (χ3n) is 2.85. The number of amidine groups is 1. The van der Waals surface area contributed by atoms with Gasteiger partial charge in [-0.2, -0.15) is 0 Å². The number of hydrogen-bond donors (Lipinski definition) is 2. The third-order valence-corrected chi connectivity index (χ3v) is 3.48. The molecule has 4 nitrogen and oxygen atoms in total. The first-order valence-electron chi connectivity index (χ1n) is 6.40. The van der Waals surface area contributed by atoms with E-state index in [0.29, 0.717) is 17.5 Å². The smallest absolute Gasteiger partial charge is 0.170 e. The topological polar surface area (TPSA) is 61.8 Å². The van der Waals surface area contributed by atoms with Crippen LogP contribution in [-0.2, 0) is 0 Å². The molecule has 0 atom stereocenters. The van der Waals surface area contributed by atoms with Crippen LogP contribution >= 0.6 is 15.9 Å². The van der Waals surface area contributed by atoms with Gasteiger partial charge in [0.25, 0.3) is 0 Å². The molecular formula is C14H22BrN3O. The van der Waals surface area contributed by atoms with Crippen LogP contribution in [0.3, 0.4) is 0 Å². The second-order valence-corrected chi connectivity index (χ2v) is 6.15. The van der Waals surface area contributed by atoms with E-state index in [1.807, 2.05) is 18.2 Å². The average Bonchev–Trinajstić information content (AvgIpc) is 2.34. The van der Waals surface area contributed by atoms with Gasteiger partial charge in [-0.1, -0.05) is 19.0 Å². The molecule has 5 heteroatoms. The number of anilines is 1. The fourth-order valence-electron chi connectivity index (χ4n) is 1.94. The molecule has 1 aromatic carbocycles. The Bertz CT molecular complexity index is 458. The number of rotatable bonds is 5. The van der Waals surface area contributed by atoms with Crippen molar-refractivity contribution in [1.82, 2.24) is 0 Å². The van der Waals surface area contributed by atoms with Crippen LogP contribution in [0.4, 0.5) is 5.69 Å². The highest BCUT2D eigenvalue weighted by Crippen LogP contribution is 2.29. The number of benzene rings is 1. The molecule has 0 heterocycles. The highest BCUT2D eigenvalue weighted by Gasteiger charge is 2.15. The van der Waals surface area contributed by atoms with Crippen LogP contribution in [0, 0.1) is 5.92 Å². The van der Waals surface area contributed by atoms with Crippen LogP contribution in [0.1, 0.15) is 33.3 Å². The first-order valence-corrected chi connectivity index (χ1v) is 7.20. The number of nitrogens with zero attached hydrogens (tertiary/aromatic N) is 2. The largest absolute Gasteiger partial charge is 0.409 e. The van der Waals surface area contributed by atoms with E-state index >= 15 is 0 Å². The van der Waals surface area contributed by atoms with E-state index in [-0.39, 0.29) is 5.84 Å². The Kier molecular flexibility index (Phi) is 5.66. The molecule has 0 aliphatic carbocycles. The minimum Gasteiger partial charge on any atom is -0.409 e. The van der Waals surface area contributed by atoms with Gasteiger partial charge in [-0.25, -0.2) is 0 Å². The molecule has 0 radical (unpaired) electrons. The molecule has 0 aliphatic heterocycles. The first kappa shape index (κ1) is 15.8. The molecule has 0 bridgehead atoms. The Hall–Kier alpha value is -1.23. The van der Waals surface area contributed by atoms with Gasteiger partial charge in [-0.3, -0.25) is 0 Å². The molecule has 0 amide bonds. The fourth-order valence-corrected chi connectivity index (χ4v) is 2.54. The van der Waals surface area contributed by atoms with E-state index in [9.17, 15) is 0 Å². The van der Waals surface area contributed by atoms with Gasteiger partial charge < -0.3 is 15.8 Å². The number of oxime groups is 1. The first-order chi connectivity index (χ1) is 8.86. The van der Waals surface area contributed by atoms with E-state index in [4.69, 9.17) is 10.9 Å². The number of nitrogens with two attached hydrogens (primary N) is 1. The zero-order valence-corrected chi connectivity index (χ0v) is 13.5. The summed E-state index contributed by atoms with van der Waals surface area (Å²) in [5, 5.41) is 11.7. The van der Waals surface area contributed by atoms with Gasteiger partial charge in [0.2, 0.25) is 0 Å². The Morgan fingerprint density at radius 2 is 2.00 bits per heavy atom. The van der Waals surface area contributed by atoms with Crippen LogP contribution in [0.2, 0.25) is 0 Å². The number of hydrogen-bond acceptors (Lipinski definition) is 3. The van der Waals surface area contributed by atoms with Crippen molar-refractivity contribution < 1.29 is 5.21 Å². The van der Waals surface area contributed by atoms with Crippen molar-refractivity contribution in [3.05, 3.63) is 28.2 Å². The van der Waals surface area contributed by atoms with E-state index in [2.05, 4.69) is 53.7 Å². The predicted octanol–water partition coefficient (Wildman–Crippen LogP) is 3.41. The predicted molar refractivity (Wildman–Crippen MR) is 84.0 cm³/mol. The molecule has 106 valence electrons. The monoisotopic (exact) mass is 327 g/mol. The van der Waals surface area contributed by atoms with Gasteiger partial charge in [0, 0.05) is 22.6 Å². The lowest BCUT2D eigenvalue weighted by atomic mass is 10.1. The molecule has 0 unspecified atom stereocenters. The molecule has 0 saturated heterocycles. The zero-order chi connectivity index (χ0) is 14.6. The lowest BCUT2D eigenvalue weighted by molar-refractivity contribution is 0.318. The minimum atomic E-state index is 0.118. The summed E-state index contributed by atoms with van der Waals surface area (Å²) in [4.78, 5) is 2.34. The van der Waals surface area contributed by atoms with E-state index < -0.39 is 0 Å². The van der Waals surface area contributed by atoms with Crippen LogP contribution < -0.4 is 10.6 Å². The summed E-state index contributed by atoms with van der Waals surface area (Å²) in [6.45, 7) is 9.74. The molecular weight excluding hydrogens is 306 g/mol. The molecule has 1 rings (SSSR count). The van der Waals surface area contributed by atoms with Crippen LogP contribution in [0.15, 0.2) is 27.8 Å². The lowest BCUT2D eigenvalue weighted by Crippen LogP contribution is -2.34. The van der Waals surface area contributed by atoms with Crippen molar-refractivity contribution in [1.29, 1.82) is 0 Å². The summed E-state index contributed by atoms with van der Waals surface area (Å²) >= 11 is 3.57. The summed E-state index contributed by atoms with van der Waals surface area (Å²) in [6, 6.07) is 6.15. The van der Waals surface area contributed by atoms with Crippen LogP contribution in [0.25, 0.3) is 0 Å². The highest BCUT2D eigenvalue weighted by molar-refractivity contribution is 9.10. The third kappa shape index (κ3) is 4.13. The normalized spacial score (nSPS) is 12.3. The summed E-state index contributed by atoms with van der Waals surface area (Å²) < 4.78 is 0.950. The summed E-state index contributed by atoms with van der Waals surface area (Å²) in [5.74, 6) is 0.699. The maximum Gasteiger partial charge on any atom is 0.170 e. The quantitative estimate of drug-likeness (QED) is 0.377. The summed E-state index contributed by atoms with van der Waals surface area (Å²) in [7, 11) is 0. The Morgan fingerprint density at radius 1 is 1.37 bits per heavy atom. The molecule has 0 saturated carbocycles. The number of halogens is 1. The highest BCUT2D eigenvalue weighted by atomic mass is 79.9. The Labute approximate surface area is 123 Å². The van der Waals surface area contributed by atoms with Crippen LogP contribution in [0.5, 0.6) is 0 Å². The molecule has 0 fully saturated rings. The van der Waals surface area contributed by atoms with Crippen molar-refractivity contribution in [2.75, 3.05) is 11.4 Å². The molecule has 1 aromatic rings. The van der Waals surface area contributed by atoms with Crippen molar-refractivity contribution in [2.45, 2.75) is 33.7 Å². The van der Waals surface area contributed by atoms with Gasteiger partial charge in [0.15, 0.2) is 5.84 Å². The average molecular weight is 328 g/mol. The summed E-state index contributed by atoms with van der Waals surface area (Å²) in [5.41, 5.74) is 7.42. The van der Waals surface area contributed by atoms with Gasteiger partial charge >= 0.3 is 0 Å². The molecule has 0 aliphatic rings. The van der Waals surface area contributed by atoms with Crippen molar-refractivity contribution >= 4 is 27.5 Å². The molecule has 19 heavy (non-hydrogen) atoms. The summed E-state index contributed by atoms with van der Waals surface area (Å²) in [6.07, 6.45) is 0. The molecule has 0 spiro atoms. The van der Waals surface area contributed by atoms with E-state index in [1.54, 1.807) is 0 Å². The Morgan fingerprint density at radius 3 is 2.42 bits per heavy atom. The van der Waals surface area contributed by atoms with Crippen molar-refractivity contribution in [3.63, 3.8) is 0 Å². The van der Waals surface area contributed by atoms with Gasteiger partial charge in [0.1, 0.15) is 0 Å². The molecule has 0 aromatic heterocycles. The zero-order valence-electron chi connectivity index (χ0n) is 11.9. The minimum absolute atomic E-state index is 0.118. The lowest BCUT2D eigenvalue weighted by Gasteiger charge is -2.31. The van der Waals surface area contributed by atoms with E-state index in [0.717, 1.165) is 16.7 Å². The maximum absolute atomic E-state index is 8.70. The maximum atomic E-state index is 8.70. The SMILES string of the molecule is CC(C)CN(c1ccc(/C(N)=N/O)cc1Br)C(C)C. The molecule has 3 N–H and O–H groups in total. The van der Waals surface area contributed by atoms with Crippen LogP contribution in [-0.4, -0.2) is 23.6 Å². The van der Waals surface area contributed by atoms with Crippen molar-refractivity contribution in [3.8, 4) is 0 Å². The van der Waals surface area contributed by atoms with Crippen molar-refractivity contribution in [2.24, 2.45) is 16.8 Å². The Balaban J connectivity index is 3.12. The second-order valence-electron chi connectivity index (χ2n) is 5.29. The standard InChI is InChI=1S/C14H22BrN3O/c1-9(2)8-18(10(3)4)13-6-5-11(7-12(13)15)14(16)17-19/h5-7,9-10,19H,8H2,1-4H3,(H2,16,17). The van der Waals surface area contributed by atoms with Gasteiger partial charge in [0.05, 0.1) is 5.69 Å². The van der Waals surface area contributed by atoms with E-state index in [1.165, 1.54) is 0 Å². The van der Waals surface area contributed by atoms with Gasteiger partial charge in [-0.15, -0.1) is 0 Å².